The Morgan fingerprint density at radius 2 is 2.11 bits per heavy atom. The number of nitrogens with zero attached hydrogens (tertiary/aromatic N) is 1. The molecule has 0 saturated carbocycles. The molecule has 0 saturated heterocycles. The maximum absolute atomic E-state index is 13.9. The van der Waals surface area contributed by atoms with Crippen LogP contribution >= 0.6 is 0 Å². The molecule has 1 atom stereocenters. The van der Waals surface area contributed by atoms with Crippen LogP contribution in [0.2, 0.25) is 0 Å². The zero-order valence-electron chi connectivity index (χ0n) is 11.5. The summed E-state index contributed by atoms with van der Waals surface area (Å²) in [5, 5.41) is 14.0. The molecule has 19 heavy (non-hydrogen) atoms. The standard InChI is InChI=1S/C14H21FN2O2/c1-3-6-12(16-4-2)10-9-11-7-5-8-13(14(11)15)17(18)19/h5,7-8,12,16H,3-4,6,9-10H2,1-2H3. The number of hydrogen-bond donors (Lipinski definition) is 1. The summed E-state index contributed by atoms with van der Waals surface area (Å²) in [6.07, 6.45) is 3.41. The van der Waals surface area contributed by atoms with Crippen molar-refractivity contribution in [1.29, 1.82) is 0 Å². The van der Waals surface area contributed by atoms with Crippen LogP contribution in [0.4, 0.5) is 10.1 Å². The molecule has 1 aromatic rings. The summed E-state index contributed by atoms with van der Waals surface area (Å²) in [5.74, 6) is -0.695. The van der Waals surface area contributed by atoms with Gasteiger partial charge in [0.2, 0.25) is 5.82 Å². The van der Waals surface area contributed by atoms with Gasteiger partial charge in [0, 0.05) is 12.1 Å². The van der Waals surface area contributed by atoms with Crippen LogP contribution < -0.4 is 5.32 Å². The quantitative estimate of drug-likeness (QED) is 0.580. The summed E-state index contributed by atoms with van der Waals surface area (Å²) in [6, 6.07) is 4.71. The highest BCUT2D eigenvalue weighted by atomic mass is 19.1. The van der Waals surface area contributed by atoms with Gasteiger partial charge in [-0.05, 0) is 31.4 Å². The summed E-state index contributed by atoms with van der Waals surface area (Å²) in [7, 11) is 0. The van der Waals surface area contributed by atoms with Crippen LogP contribution in [0.15, 0.2) is 18.2 Å². The molecule has 0 amide bonds. The molecule has 0 spiro atoms. The summed E-state index contributed by atoms with van der Waals surface area (Å²) < 4.78 is 13.9. The van der Waals surface area contributed by atoms with Crippen LogP contribution in [-0.4, -0.2) is 17.5 Å². The number of hydrogen-bond acceptors (Lipinski definition) is 3. The first-order valence-corrected chi connectivity index (χ1v) is 6.75. The van der Waals surface area contributed by atoms with Gasteiger partial charge >= 0.3 is 5.69 Å². The lowest BCUT2D eigenvalue weighted by Gasteiger charge is -2.17. The number of nitrogens with one attached hydrogen (secondary N) is 1. The summed E-state index contributed by atoms with van der Waals surface area (Å²) in [6.45, 7) is 5.02. The normalized spacial score (nSPS) is 12.4. The molecule has 0 bridgehead atoms. The van der Waals surface area contributed by atoms with Crippen LogP contribution in [0.1, 0.15) is 38.7 Å². The first-order valence-electron chi connectivity index (χ1n) is 6.75. The van der Waals surface area contributed by atoms with E-state index in [4.69, 9.17) is 0 Å². The molecule has 0 heterocycles. The zero-order chi connectivity index (χ0) is 14.3. The molecule has 1 N–H and O–H groups in total. The van der Waals surface area contributed by atoms with Gasteiger partial charge in [0.25, 0.3) is 0 Å². The molecule has 0 aliphatic carbocycles. The first-order chi connectivity index (χ1) is 9.10. The van der Waals surface area contributed by atoms with E-state index in [1.807, 2.05) is 6.92 Å². The number of nitro groups is 1. The number of rotatable bonds is 8. The molecular weight excluding hydrogens is 247 g/mol. The second-order valence-electron chi connectivity index (χ2n) is 4.59. The Labute approximate surface area is 113 Å². The average molecular weight is 268 g/mol. The van der Waals surface area contributed by atoms with Crippen molar-refractivity contribution >= 4 is 5.69 Å². The monoisotopic (exact) mass is 268 g/mol. The third kappa shape index (κ3) is 4.59. The molecule has 0 radical (unpaired) electrons. The van der Waals surface area contributed by atoms with Gasteiger partial charge in [0.15, 0.2) is 0 Å². The van der Waals surface area contributed by atoms with Gasteiger partial charge in [-0.3, -0.25) is 10.1 Å². The SMILES string of the molecule is CCCC(CCc1cccc([N+](=O)[O-])c1F)NCC. The van der Waals surface area contributed by atoms with E-state index in [-0.39, 0.29) is 0 Å². The maximum Gasteiger partial charge on any atom is 0.305 e. The minimum absolute atomic E-state index is 0.341. The minimum Gasteiger partial charge on any atom is -0.314 e. The van der Waals surface area contributed by atoms with E-state index < -0.39 is 16.4 Å². The lowest BCUT2D eigenvalue weighted by Crippen LogP contribution is -2.29. The molecule has 0 aromatic heterocycles. The van der Waals surface area contributed by atoms with E-state index in [0.717, 1.165) is 25.8 Å². The number of halogens is 1. The van der Waals surface area contributed by atoms with Gasteiger partial charge in [0.1, 0.15) is 0 Å². The predicted molar refractivity (Wildman–Crippen MR) is 73.7 cm³/mol. The van der Waals surface area contributed by atoms with Crippen LogP contribution in [0, 0.1) is 15.9 Å². The van der Waals surface area contributed by atoms with E-state index in [1.165, 1.54) is 6.07 Å². The van der Waals surface area contributed by atoms with E-state index >= 15 is 0 Å². The third-order valence-electron chi connectivity index (χ3n) is 3.15. The van der Waals surface area contributed by atoms with E-state index in [9.17, 15) is 14.5 Å². The maximum atomic E-state index is 13.9. The van der Waals surface area contributed by atoms with Crippen molar-refractivity contribution in [3.63, 3.8) is 0 Å². The van der Waals surface area contributed by atoms with Gasteiger partial charge in [-0.15, -0.1) is 0 Å². The van der Waals surface area contributed by atoms with E-state index in [0.29, 0.717) is 18.0 Å². The topological polar surface area (TPSA) is 55.2 Å². The molecule has 1 unspecified atom stereocenters. The van der Waals surface area contributed by atoms with Crippen molar-refractivity contribution in [3.8, 4) is 0 Å². The average Bonchev–Trinajstić information content (AvgIpc) is 2.37. The van der Waals surface area contributed by atoms with Crippen LogP contribution in [0.25, 0.3) is 0 Å². The van der Waals surface area contributed by atoms with Gasteiger partial charge in [-0.2, -0.15) is 4.39 Å². The first kappa shape index (κ1) is 15.6. The Hall–Kier alpha value is -1.49. The molecule has 0 fully saturated rings. The molecule has 0 aliphatic rings. The lowest BCUT2D eigenvalue weighted by atomic mass is 10.0. The zero-order valence-corrected chi connectivity index (χ0v) is 11.5. The van der Waals surface area contributed by atoms with Crippen molar-refractivity contribution in [2.45, 2.75) is 45.6 Å². The largest absolute Gasteiger partial charge is 0.314 e. The molecule has 1 rings (SSSR count). The Balaban J connectivity index is 2.71. The highest BCUT2D eigenvalue weighted by Crippen LogP contribution is 2.21. The van der Waals surface area contributed by atoms with Crippen molar-refractivity contribution in [2.75, 3.05) is 6.54 Å². The third-order valence-corrected chi connectivity index (χ3v) is 3.15. The molecular formula is C14H21FN2O2. The summed E-state index contributed by atoms with van der Waals surface area (Å²) in [4.78, 5) is 10.00. The molecule has 5 heteroatoms. The van der Waals surface area contributed by atoms with Gasteiger partial charge < -0.3 is 5.32 Å². The highest BCUT2D eigenvalue weighted by Gasteiger charge is 2.17. The molecule has 4 nitrogen and oxygen atoms in total. The fraction of sp³-hybridized carbons (Fsp3) is 0.571. The highest BCUT2D eigenvalue weighted by molar-refractivity contribution is 5.36. The smallest absolute Gasteiger partial charge is 0.305 e. The van der Waals surface area contributed by atoms with Crippen LogP contribution in [0.5, 0.6) is 0 Å². The Bertz CT molecular complexity index is 418. The fourth-order valence-corrected chi connectivity index (χ4v) is 2.22. The molecule has 0 aliphatic heterocycles. The Morgan fingerprint density at radius 3 is 2.68 bits per heavy atom. The number of benzene rings is 1. The number of nitro benzene ring substituents is 1. The van der Waals surface area contributed by atoms with Gasteiger partial charge in [0.05, 0.1) is 4.92 Å². The van der Waals surface area contributed by atoms with Crippen molar-refractivity contribution < 1.29 is 9.31 Å². The van der Waals surface area contributed by atoms with Crippen LogP contribution in [0.3, 0.4) is 0 Å². The van der Waals surface area contributed by atoms with Crippen molar-refractivity contribution in [1.82, 2.24) is 5.32 Å². The Morgan fingerprint density at radius 1 is 1.37 bits per heavy atom. The second kappa shape index (κ2) is 7.84. The minimum atomic E-state index is -0.695. The van der Waals surface area contributed by atoms with Crippen molar-refractivity contribution in [3.05, 3.63) is 39.7 Å². The summed E-state index contributed by atoms with van der Waals surface area (Å²) in [5.41, 5.74) is -0.0128. The van der Waals surface area contributed by atoms with Gasteiger partial charge in [-0.25, -0.2) is 0 Å². The van der Waals surface area contributed by atoms with E-state index in [1.54, 1.807) is 12.1 Å². The van der Waals surface area contributed by atoms with Gasteiger partial charge in [-0.1, -0.05) is 32.4 Å². The number of aryl methyl sites for hydroxylation is 1. The Kier molecular flexibility index (Phi) is 6.42. The van der Waals surface area contributed by atoms with Crippen molar-refractivity contribution in [2.24, 2.45) is 0 Å². The lowest BCUT2D eigenvalue weighted by molar-refractivity contribution is -0.387. The molecule has 1 aromatic carbocycles. The van der Waals surface area contributed by atoms with Crippen LogP contribution in [-0.2, 0) is 6.42 Å². The fourth-order valence-electron chi connectivity index (χ4n) is 2.22. The van der Waals surface area contributed by atoms with E-state index in [2.05, 4.69) is 12.2 Å². The molecule has 106 valence electrons. The summed E-state index contributed by atoms with van der Waals surface area (Å²) >= 11 is 0. The predicted octanol–water partition coefficient (Wildman–Crippen LogP) is 3.44. The second-order valence-corrected chi connectivity index (χ2v) is 4.59.